The van der Waals surface area contributed by atoms with Gasteiger partial charge in [0.25, 0.3) is 15.9 Å². The van der Waals surface area contributed by atoms with Crippen LogP contribution in [0.25, 0.3) is 0 Å². The van der Waals surface area contributed by atoms with Crippen LogP contribution in [-0.2, 0) is 31.6 Å². The van der Waals surface area contributed by atoms with Gasteiger partial charge in [-0.05, 0) is 81.0 Å². The van der Waals surface area contributed by atoms with Gasteiger partial charge in [0, 0.05) is 43.3 Å². The largest absolute Gasteiger partial charge is 0.497 e. The van der Waals surface area contributed by atoms with Crippen molar-refractivity contribution in [2.75, 3.05) is 53.3 Å². The number of sulfonamides is 1. The number of ether oxygens (including phenoxy) is 3. The minimum Gasteiger partial charge on any atom is -0.497 e. The first-order valence-electron chi connectivity index (χ1n) is 14.4. The summed E-state index contributed by atoms with van der Waals surface area (Å²) in [6.07, 6.45) is -0.431. The van der Waals surface area contributed by atoms with E-state index in [9.17, 15) is 13.2 Å². The molecule has 1 unspecified atom stereocenters. The predicted molar refractivity (Wildman–Crippen MR) is 170 cm³/mol. The van der Waals surface area contributed by atoms with E-state index >= 15 is 4.79 Å². The number of hydrogen-bond acceptors (Lipinski definition) is 9. The standard InChI is InChI=1S/C32H37ClN4O7S/c1-34(2)20-21-9-15-25(28(18-21)43-6)32(36-17-7-8-29(36)44-31(39)35(3)4)26-19-22(33)10-16-27(26)37(30(32)38)45(40,41)24-13-11-23(42-5)12-14-24/h9-16,18-19,29H,7-8,17,20H2,1-6H3/t29-,32?/m0/s1. The Morgan fingerprint density at radius 3 is 2.31 bits per heavy atom. The normalized spacial score (nSPS) is 20.0. The van der Waals surface area contributed by atoms with Gasteiger partial charge in [0.15, 0.2) is 11.8 Å². The second-order valence-corrected chi connectivity index (χ2v) is 13.7. The number of rotatable bonds is 9. The fourth-order valence-electron chi connectivity index (χ4n) is 6.09. The van der Waals surface area contributed by atoms with Crippen molar-refractivity contribution in [2.24, 2.45) is 0 Å². The Labute approximate surface area is 268 Å². The third-order valence-electron chi connectivity index (χ3n) is 8.04. The van der Waals surface area contributed by atoms with Crippen LogP contribution in [0.5, 0.6) is 11.5 Å². The Kier molecular flexibility index (Phi) is 9.05. The van der Waals surface area contributed by atoms with Crippen molar-refractivity contribution >= 4 is 39.3 Å². The number of carbonyl (C=O) groups excluding carboxylic acids is 2. The van der Waals surface area contributed by atoms with E-state index in [1.807, 2.05) is 31.1 Å². The number of nitrogens with zero attached hydrogens (tertiary/aromatic N) is 4. The third-order valence-corrected chi connectivity index (χ3v) is 9.99. The van der Waals surface area contributed by atoms with E-state index in [1.165, 1.54) is 49.5 Å². The van der Waals surface area contributed by atoms with E-state index < -0.39 is 33.8 Å². The molecular formula is C32H37ClN4O7S. The molecule has 240 valence electrons. The number of carbonyl (C=O) groups is 2. The highest BCUT2D eigenvalue weighted by Gasteiger charge is 2.63. The van der Waals surface area contributed by atoms with Crippen LogP contribution in [0, 0.1) is 0 Å². The van der Waals surface area contributed by atoms with Crippen molar-refractivity contribution in [3.05, 3.63) is 82.4 Å². The number of methoxy groups -OCH3 is 2. The highest BCUT2D eigenvalue weighted by atomic mass is 35.5. The summed E-state index contributed by atoms with van der Waals surface area (Å²) in [7, 11) is 5.56. The van der Waals surface area contributed by atoms with E-state index in [0.717, 1.165) is 9.87 Å². The molecule has 45 heavy (non-hydrogen) atoms. The monoisotopic (exact) mass is 656 g/mol. The lowest BCUT2D eigenvalue weighted by Crippen LogP contribution is -2.57. The Morgan fingerprint density at radius 1 is 0.978 bits per heavy atom. The molecule has 5 rings (SSSR count). The molecule has 1 saturated heterocycles. The van der Waals surface area contributed by atoms with Gasteiger partial charge in [-0.2, -0.15) is 0 Å². The number of halogens is 1. The summed E-state index contributed by atoms with van der Waals surface area (Å²) in [4.78, 5) is 33.1. The van der Waals surface area contributed by atoms with E-state index in [0.29, 0.717) is 53.6 Å². The fraction of sp³-hybridized carbons (Fsp3) is 0.375. The molecule has 2 heterocycles. The smallest absolute Gasteiger partial charge is 0.410 e. The van der Waals surface area contributed by atoms with Crippen LogP contribution in [0.15, 0.2) is 65.6 Å². The number of amides is 2. The highest BCUT2D eigenvalue weighted by Crippen LogP contribution is 2.55. The van der Waals surface area contributed by atoms with E-state index in [-0.39, 0.29) is 10.6 Å². The second kappa shape index (κ2) is 12.5. The molecule has 3 aromatic carbocycles. The first kappa shape index (κ1) is 32.6. The Morgan fingerprint density at radius 2 is 1.69 bits per heavy atom. The maximum absolute atomic E-state index is 15.2. The molecule has 0 bridgehead atoms. The van der Waals surface area contributed by atoms with Gasteiger partial charge in [0.2, 0.25) is 0 Å². The molecule has 11 nitrogen and oxygen atoms in total. The lowest BCUT2D eigenvalue weighted by atomic mass is 9.81. The van der Waals surface area contributed by atoms with E-state index in [1.54, 1.807) is 37.2 Å². The van der Waals surface area contributed by atoms with Crippen molar-refractivity contribution in [1.29, 1.82) is 0 Å². The molecule has 1 fully saturated rings. The van der Waals surface area contributed by atoms with Crippen LogP contribution < -0.4 is 13.8 Å². The predicted octanol–water partition coefficient (Wildman–Crippen LogP) is 4.52. The van der Waals surface area contributed by atoms with Gasteiger partial charge in [-0.3, -0.25) is 4.79 Å². The zero-order chi connectivity index (χ0) is 32.7. The van der Waals surface area contributed by atoms with Gasteiger partial charge in [-0.25, -0.2) is 22.4 Å². The molecule has 2 aliphatic rings. The summed E-state index contributed by atoms with van der Waals surface area (Å²) in [6.45, 7) is 0.923. The molecule has 2 amide bonds. The van der Waals surface area contributed by atoms with Crippen molar-refractivity contribution in [1.82, 2.24) is 14.7 Å². The van der Waals surface area contributed by atoms with Crippen molar-refractivity contribution < 1.29 is 32.2 Å². The first-order valence-corrected chi connectivity index (χ1v) is 16.2. The van der Waals surface area contributed by atoms with Crippen molar-refractivity contribution in [3.63, 3.8) is 0 Å². The molecule has 2 aliphatic heterocycles. The average molecular weight is 657 g/mol. The molecule has 0 radical (unpaired) electrons. The van der Waals surface area contributed by atoms with Crippen molar-refractivity contribution in [3.8, 4) is 11.5 Å². The van der Waals surface area contributed by atoms with Crippen LogP contribution >= 0.6 is 11.6 Å². The maximum atomic E-state index is 15.2. The molecule has 2 atom stereocenters. The minimum atomic E-state index is -4.45. The van der Waals surface area contributed by atoms with Crippen LogP contribution in [0.3, 0.4) is 0 Å². The van der Waals surface area contributed by atoms with Gasteiger partial charge in [-0.15, -0.1) is 0 Å². The summed E-state index contributed by atoms with van der Waals surface area (Å²) >= 11 is 6.58. The second-order valence-electron chi connectivity index (χ2n) is 11.5. The molecular weight excluding hydrogens is 620 g/mol. The quantitative estimate of drug-likeness (QED) is 0.329. The SMILES string of the molecule is COc1ccc(S(=O)(=O)N2C(=O)C(c3ccc(CN(C)C)cc3OC)(N3CCC[C@@H]3OC(=O)N(C)C)c3cc(Cl)ccc32)cc1. The topological polar surface area (TPSA) is 109 Å². The van der Waals surface area contributed by atoms with Crippen molar-refractivity contribution in [2.45, 2.75) is 36.0 Å². The number of benzene rings is 3. The average Bonchev–Trinajstić information content (AvgIpc) is 3.56. The molecule has 3 aromatic rings. The highest BCUT2D eigenvalue weighted by molar-refractivity contribution is 7.93. The van der Waals surface area contributed by atoms with E-state index in [4.69, 9.17) is 25.8 Å². The van der Waals surface area contributed by atoms with Crippen LogP contribution in [-0.4, -0.2) is 90.3 Å². The Bertz CT molecular complexity index is 1710. The number of fused-ring (bicyclic) bond motifs is 1. The Balaban J connectivity index is 1.80. The Hall–Kier alpha value is -3.84. The number of anilines is 1. The van der Waals surface area contributed by atoms with Gasteiger partial charge < -0.3 is 24.0 Å². The number of hydrogen-bond donors (Lipinski definition) is 0. The summed E-state index contributed by atoms with van der Waals surface area (Å²) in [5.74, 6) is 0.0809. The van der Waals surface area contributed by atoms with Crippen LogP contribution in [0.4, 0.5) is 10.5 Å². The number of likely N-dealkylation sites (tertiary alicyclic amines) is 1. The first-order chi connectivity index (χ1) is 21.4. The fourth-order valence-corrected chi connectivity index (χ4v) is 7.72. The molecule has 0 aromatic heterocycles. The summed E-state index contributed by atoms with van der Waals surface area (Å²) < 4.78 is 46.7. The van der Waals surface area contributed by atoms with Crippen LogP contribution in [0.1, 0.15) is 29.5 Å². The van der Waals surface area contributed by atoms with Gasteiger partial charge in [-0.1, -0.05) is 23.7 Å². The summed E-state index contributed by atoms with van der Waals surface area (Å²) in [6, 6.07) is 16.0. The molecule has 0 saturated carbocycles. The summed E-state index contributed by atoms with van der Waals surface area (Å²) in [5, 5.41) is 0.304. The lowest BCUT2D eigenvalue weighted by Gasteiger charge is -2.41. The zero-order valence-electron chi connectivity index (χ0n) is 26.1. The van der Waals surface area contributed by atoms with Gasteiger partial charge in [0.1, 0.15) is 11.5 Å². The lowest BCUT2D eigenvalue weighted by molar-refractivity contribution is -0.132. The maximum Gasteiger partial charge on any atom is 0.410 e. The molecule has 0 spiro atoms. The van der Waals surface area contributed by atoms with Gasteiger partial charge >= 0.3 is 6.09 Å². The molecule has 0 N–H and O–H groups in total. The summed E-state index contributed by atoms with van der Waals surface area (Å²) in [5.41, 5.74) is 0.0245. The molecule has 13 heteroatoms. The van der Waals surface area contributed by atoms with Crippen LogP contribution in [0.2, 0.25) is 5.02 Å². The molecule has 0 aliphatic carbocycles. The van der Waals surface area contributed by atoms with Gasteiger partial charge in [0.05, 0.1) is 24.8 Å². The van der Waals surface area contributed by atoms with E-state index in [2.05, 4.69) is 0 Å². The zero-order valence-corrected chi connectivity index (χ0v) is 27.7. The minimum absolute atomic E-state index is 0.0985. The third kappa shape index (κ3) is 5.60.